The summed E-state index contributed by atoms with van der Waals surface area (Å²) >= 11 is 0. The van der Waals surface area contributed by atoms with E-state index >= 15 is 0 Å². The van der Waals surface area contributed by atoms with E-state index in [0.717, 1.165) is 25.8 Å². The van der Waals surface area contributed by atoms with Crippen molar-refractivity contribution < 1.29 is 13.5 Å². The standard InChI is InChI=1S/C13H22N4O3S/c1-2-5-14-13-15-7-12(8-16-13)21(19,20)17-6-3-4-11(9-17)10-18/h7-8,11,18H,2-6,9-10H2,1H3,(H,14,15,16). The summed E-state index contributed by atoms with van der Waals surface area (Å²) in [5, 5.41) is 12.2. The average Bonchev–Trinajstić information content (AvgIpc) is 2.53. The van der Waals surface area contributed by atoms with E-state index < -0.39 is 10.0 Å². The highest BCUT2D eigenvalue weighted by Gasteiger charge is 2.30. The number of anilines is 1. The monoisotopic (exact) mass is 314 g/mol. The first kappa shape index (κ1) is 16.1. The fourth-order valence-electron chi connectivity index (χ4n) is 2.32. The van der Waals surface area contributed by atoms with E-state index in [1.54, 1.807) is 0 Å². The minimum atomic E-state index is -3.57. The van der Waals surface area contributed by atoms with Gasteiger partial charge < -0.3 is 10.4 Å². The maximum atomic E-state index is 12.5. The molecule has 1 saturated heterocycles. The van der Waals surface area contributed by atoms with Crippen molar-refractivity contribution in [2.24, 2.45) is 5.92 Å². The molecule has 1 aromatic rings. The molecule has 0 amide bonds. The molecule has 1 aromatic heterocycles. The van der Waals surface area contributed by atoms with E-state index in [1.165, 1.54) is 16.7 Å². The molecule has 2 N–H and O–H groups in total. The summed E-state index contributed by atoms with van der Waals surface area (Å²) in [6, 6.07) is 0. The molecule has 1 atom stereocenters. The Kier molecular flexibility index (Phi) is 5.49. The van der Waals surface area contributed by atoms with E-state index in [9.17, 15) is 13.5 Å². The lowest BCUT2D eigenvalue weighted by Crippen LogP contribution is -2.40. The van der Waals surface area contributed by atoms with Crippen LogP contribution in [0.1, 0.15) is 26.2 Å². The molecule has 21 heavy (non-hydrogen) atoms. The summed E-state index contributed by atoms with van der Waals surface area (Å²) in [6.07, 6.45) is 5.24. The predicted molar refractivity (Wildman–Crippen MR) is 79.4 cm³/mol. The van der Waals surface area contributed by atoms with E-state index in [1.807, 2.05) is 6.92 Å². The maximum Gasteiger partial charge on any atom is 0.246 e. The van der Waals surface area contributed by atoms with Gasteiger partial charge in [-0.05, 0) is 25.2 Å². The third-order valence-corrected chi connectivity index (χ3v) is 5.36. The third kappa shape index (κ3) is 3.90. The number of nitrogens with zero attached hydrogens (tertiary/aromatic N) is 3. The number of sulfonamides is 1. The summed E-state index contributed by atoms with van der Waals surface area (Å²) < 4.78 is 26.4. The van der Waals surface area contributed by atoms with Crippen molar-refractivity contribution in [3.63, 3.8) is 0 Å². The van der Waals surface area contributed by atoms with Crippen molar-refractivity contribution in [3.8, 4) is 0 Å². The minimum absolute atomic E-state index is 0.0138. The summed E-state index contributed by atoms with van der Waals surface area (Å²) in [6.45, 7) is 3.63. The number of aliphatic hydroxyl groups excluding tert-OH is 1. The van der Waals surface area contributed by atoms with Crippen LogP contribution in [0, 0.1) is 5.92 Å². The molecular weight excluding hydrogens is 292 g/mol. The molecule has 8 heteroatoms. The Bertz CT molecular complexity index is 547. The molecule has 0 saturated carbocycles. The smallest absolute Gasteiger partial charge is 0.246 e. The summed E-state index contributed by atoms with van der Waals surface area (Å²) in [5.74, 6) is 0.447. The Morgan fingerprint density at radius 3 is 2.76 bits per heavy atom. The molecule has 2 heterocycles. The van der Waals surface area contributed by atoms with Gasteiger partial charge in [0.15, 0.2) is 0 Å². The molecule has 2 rings (SSSR count). The van der Waals surface area contributed by atoms with Crippen LogP contribution in [0.15, 0.2) is 17.3 Å². The number of aliphatic hydroxyl groups is 1. The first-order valence-corrected chi connectivity index (χ1v) is 8.69. The fourth-order valence-corrected chi connectivity index (χ4v) is 3.77. The van der Waals surface area contributed by atoms with Gasteiger partial charge in [0.2, 0.25) is 16.0 Å². The van der Waals surface area contributed by atoms with Crippen molar-refractivity contribution in [1.82, 2.24) is 14.3 Å². The lowest BCUT2D eigenvalue weighted by molar-refractivity contribution is 0.165. The van der Waals surface area contributed by atoms with Crippen LogP contribution in [0.3, 0.4) is 0 Å². The molecule has 0 radical (unpaired) electrons. The van der Waals surface area contributed by atoms with Gasteiger partial charge in [0, 0.05) is 26.2 Å². The number of rotatable bonds is 6. The van der Waals surface area contributed by atoms with E-state index in [4.69, 9.17) is 0 Å². The Labute approximate surface area is 125 Å². The normalized spacial score (nSPS) is 20.4. The Balaban J connectivity index is 2.11. The Morgan fingerprint density at radius 1 is 1.43 bits per heavy atom. The Morgan fingerprint density at radius 2 is 2.14 bits per heavy atom. The number of nitrogens with one attached hydrogen (secondary N) is 1. The van der Waals surface area contributed by atoms with Gasteiger partial charge in [-0.3, -0.25) is 0 Å². The molecule has 0 bridgehead atoms. The van der Waals surface area contributed by atoms with Crippen LogP contribution in [0.2, 0.25) is 0 Å². The first-order valence-electron chi connectivity index (χ1n) is 7.25. The van der Waals surface area contributed by atoms with Gasteiger partial charge >= 0.3 is 0 Å². The third-order valence-electron chi connectivity index (χ3n) is 3.54. The fraction of sp³-hybridized carbons (Fsp3) is 0.692. The summed E-state index contributed by atoms with van der Waals surface area (Å²) in [4.78, 5) is 8.18. The Hall–Kier alpha value is -1.25. The zero-order valence-corrected chi connectivity index (χ0v) is 13.0. The SMILES string of the molecule is CCCNc1ncc(S(=O)(=O)N2CCCC(CO)C2)cn1. The highest BCUT2D eigenvalue weighted by atomic mass is 32.2. The van der Waals surface area contributed by atoms with Gasteiger partial charge in [0.1, 0.15) is 4.90 Å². The van der Waals surface area contributed by atoms with Crippen molar-refractivity contribution in [1.29, 1.82) is 0 Å². The first-order chi connectivity index (χ1) is 10.1. The summed E-state index contributed by atoms with van der Waals surface area (Å²) in [7, 11) is -3.57. The largest absolute Gasteiger partial charge is 0.396 e. The van der Waals surface area contributed by atoms with Crippen molar-refractivity contribution in [3.05, 3.63) is 12.4 Å². The number of piperidine rings is 1. The van der Waals surface area contributed by atoms with Crippen LogP contribution in [0.25, 0.3) is 0 Å². The van der Waals surface area contributed by atoms with Crippen molar-refractivity contribution in [2.45, 2.75) is 31.1 Å². The zero-order chi connectivity index (χ0) is 15.3. The lowest BCUT2D eigenvalue weighted by Gasteiger charge is -2.30. The molecule has 0 spiro atoms. The minimum Gasteiger partial charge on any atom is -0.396 e. The molecule has 1 fully saturated rings. The summed E-state index contributed by atoms with van der Waals surface area (Å²) in [5.41, 5.74) is 0. The van der Waals surface area contributed by atoms with Crippen molar-refractivity contribution >= 4 is 16.0 Å². The molecule has 118 valence electrons. The van der Waals surface area contributed by atoms with Crippen LogP contribution < -0.4 is 5.32 Å². The van der Waals surface area contributed by atoms with Crippen molar-refractivity contribution in [2.75, 3.05) is 31.6 Å². The number of aromatic nitrogens is 2. The quantitative estimate of drug-likeness (QED) is 0.802. The molecule has 1 unspecified atom stereocenters. The molecular formula is C13H22N4O3S. The highest BCUT2D eigenvalue weighted by Crippen LogP contribution is 2.22. The zero-order valence-electron chi connectivity index (χ0n) is 12.2. The number of hydrogen-bond acceptors (Lipinski definition) is 6. The van der Waals surface area contributed by atoms with Gasteiger partial charge in [-0.2, -0.15) is 4.31 Å². The molecule has 0 aliphatic carbocycles. The average molecular weight is 314 g/mol. The van der Waals surface area contributed by atoms with Crippen LogP contribution >= 0.6 is 0 Å². The second kappa shape index (κ2) is 7.15. The van der Waals surface area contributed by atoms with Crippen LogP contribution in [0.4, 0.5) is 5.95 Å². The predicted octanol–water partition coefficient (Wildman–Crippen LogP) is 0.691. The maximum absolute atomic E-state index is 12.5. The second-order valence-electron chi connectivity index (χ2n) is 5.22. The van der Waals surface area contributed by atoms with Gasteiger partial charge in [0.25, 0.3) is 0 Å². The van der Waals surface area contributed by atoms with Crippen LogP contribution in [0.5, 0.6) is 0 Å². The molecule has 1 aliphatic rings. The lowest BCUT2D eigenvalue weighted by atomic mass is 10.0. The second-order valence-corrected chi connectivity index (χ2v) is 7.16. The molecule has 1 aliphatic heterocycles. The van der Waals surface area contributed by atoms with Crippen LogP contribution in [-0.4, -0.2) is 54.0 Å². The topological polar surface area (TPSA) is 95.4 Å². The van der Waals surface area contributed by atoms with Gasteiger partial charge in [-0.25, -0.2) is 18.4 Å². The highest BCUT2D eigenvalue weighted by molar-refractivity contribution is 7.89. The van der Waals surface area contributed by atoms with Gasteiger partial charge in [-0.15, -0.1) is 0 Å². The number of hydrogen-bond donors (Lipinski definition) is 2. The van der Waals surface area contributed by atoms with Gasteiger partial charge in [-0.1, -0.05) is 6.92 Å². The van der Waals surface area contributed by atoms with E-state index in [0.29, 0.717) is 19.0 Å². The molecule has 0 aromatic carbocycles. The van der Waals surface area contributed by atoms with E-state index in [2.05, 4.69) is 15.3 Å². The van der Waals surface area contributed by atoms with Gasteiger partial charge in [0.05, 0.1) is 12.4 Å². The molecule has 7 nitrogen and oxygen atoms in total. The van der Waals surface area contributed by atoms with E-state index in [-0.39, 0.29) is 17.4 Å². The van der Waals surface area contributed by atoms with Crippen LogP contribution in [-0.2, 0) is 10.0 Å².